The van der Waals surface area contributed by atoms with Crippen molar-refractivity contribution in [3.8, 4) is 11.1 Å². The highest BCUT2D eigenvalue weighted by atomic mass is 127. The summed E-state index contributed by atoms with van der Waals surface area (Å²) in [5, 5.41) is 0. The van der Waals surface area contributed by atoms with Crippen LogP contribution in [0.1, 0.15) is 0 Å². The van der Waals surface area contributed by atoms with Gasteiger partial charge in [-0.2, -0.15) is 21.8 Å². The van der Waals surface area contributed by atoms with E-state index in [1.807, 2.05) is 0 Å². The summed E-state index contributed by atoms with van der Waals surface area (Å²) in [6.45, 7) is 0. The second kappa shape index (κ2) is 13.0. The third-order valence-corrected chi connectivity index (χ3v) is 13.0. The van der Waals surface area contributed by atoms with Crippen LogP contribution in [-0.2, 0) is 0 Å². The van der Waals surface area contributed by atoms with Crippen molar-refractivity contribution in [2.24, 2.45) is 0 Å². The molecule has 0 N–H and O–H groups in total. The molecule has 0 aliphatic heterocycles. The van der Waals surface area contributed by atoms with Gasteiger partial charge in [0.25, 0.3) is 0 Å². The van der Waals surface area contributed by atoms with E-state index in [1.165, 1.54) is 47.6 Å². The van der Waals surface area contributed by atoms with Crippen LogP contribution in [0.25, 0.3) is 11.1 Å². The molecule has 0 aliphatic carbocycles. The van der Waals surface area contributed by atoms with Gasteiger partial charge in [0.1, 0.15) is 0 Å². The zero-order valence-corrected chi connectivity index (χ0v) is 27.8. The van der Waals surface area contributed by atoms with E-state index in [0.29, 0.717) is 0 Å². The topological polar surface area (TPSA) is 0 Å². The van der Waals surface area contributed by atoms with Gasteiger partial charge < -0.3 is 0 Å². The molecule has 2 unspecified atom stereocenters. The van der Waals surface area contributed by atoms with Crippen LogP contribution >= 0.6 is 67.0 Å². The summed E-state index contributed by atoms with van der Waals surface area (Å²) in [5.74, 6) is 0. The van der Waals surface area contributed by atoms with Crippen LogP contribution in [-0.4, -0.2) is 0 Å². The Kier molecular flexibility index (Phi) is 8.97. The molecule has 0 aliphatic rings. The molecule has 0 spiro atoms. The third-order valence-electron chi connectivity index (χ3n) is 6.74. The lowest BCUT2D eigenvalue weighted by molar-refractivity contribution is 1.31. The first-order valence-corrected chi connectivity index (χ1v) is 17.9. The minimum absolute atomic E-state index is 0.660. The Labute approximate surface area is 269 Å². The van der Waals surface area contributed by atoms with Crippen LogP contribution in [0, 0.1) is 7.14 Å². The van der Waals surface area contributed by atoms with Crippen molar-refractivity contribution in [3.05, 3.63) is 165 Å². The average Bonchev–Trinajstić information content (AvgIpc) is 3.01. The van der Waals surface area contributed by atoms with Crippen LogP contribution in [0.4, 0.5) is 0 Å². The SMILES string of the molecule is Ic1ccc([SH](c2ccccc2)c2cccc(-c3cccc([SH](c4ccccc4)c4ccc(I)cc4)c3)c2)cc1. The zero-order chi connectivity index (χ0) is 27.3. The van der Waals surface area contributed by atoms with Crippen molar-refractivity contribution < 1.29 is 0 Å². The highest BCUT2D eigenvalue weighted by Gasteiger charge is 2.16. The van der Waals surface area contributed by atoms with Gasteiger partial charge in [0.15, 0.2) is 0 Å². The number of benzene rings is 6. The summed E-state index contributed by atoms with van der Waals surface area (Å²) in [6, 6.07) is 58.3. The molecule has 0 saturated heterocycles. The molecule has 2 atom stereocenters. The molecule has 0 bridgehead atoms. The minimum atomic E-state index is -0.660. The van der Waals surface area contributed by atoms with E-state index in [9.17, 15) is 0 Å². The molecule has 4 heteroatoms. The number of hydrogen-bond acceptors (Lipinski definition) is 0. The number of halogens is 2. The molecular formula is C36H28I2S2. The van der Waals surface area contributed by atoms with Gasteiger partial charge >= 0.3 is 0 Å². The summed E-state index contributed by atoms with van der Waals surface area (Å²) >= 11 is 4.78. The van der Waals surface area contributed by atoms with Crippen LogP contribution in [0.3, 0.4) is 0 Å². The monoisotopic (exact) mass is 778 g/mol. The normalized spacial score (nSPS) is 13.4. The predicted molar refractivity (Wildman–Crippen MR) is 191 cm³/mol. The van der Waals surface area contributed by atoms with E-state index in [-0.39, 0.29) is 0 Å². The van der Waals surface area contributed by atoms with Crippen molar-refractivity contribution in [2.45, 2.75) is 29.4 Å². The van der Waals surface area contributed by atoms with E-state index in [1.54, 1.807) is 0 Å². The van der Waals surface area contributed by atoms with Gasteiger partial charge in [-0.1, -0.05) is 60.7 Å². The Hall–Kier alpha value is -2.52. The highest BCUT2D eigenvalue weighted by molar-refractivity contribution is 14.1. The average molecular weight is 779 g/mol. The molecule has 0 nitrogen and oxygen atoms in total. The van der Waals surface area contributed by atoms with Crippen molar-refractivity contribution in [1.29, 1.82) is 0 Å². The van der Waals surface area contributed by atoms with Gasteiger partial charge in [-0.25, -0.2) is 0 Å². The predicted octanol–water partition coefficient (Wildman–Crippen LogP) is 11.5. The first-order chi connectivity index (χ1) is 19.7. The lowest BCUT2D eigenvalue weighted by atomic mass is 10.1. The number of rotatable bonds is 7. The zero-order valence-electron chi connectivity index (χ0n) is 21.7. The van der Waals surface area contributed by atoms with Crippen LogP contribution in [0.15, 0.2) is 187 Å². The maximum Gasteiger partial charge on any atom is 0.0131 e. The largest absolute Gasteiger partial charge is 0.173 e. The molecular weight excluding hydrogens is 750 g/mol. The lowest BCUT2D eigenvalue weighted by Gasteiger charge is -2.25. The van der Waals surface area contributed by atoms with Gasteiger partial charge in [0, 0.05) is 7.14 Å². The molecule has 40 heavy (non-hydrogen) atoms. The summed E-state index contributed by atoms with van der Waals surface area (Å²) < 4.78 is 2.52. The Morgan fingerprint density at radius 3 is 1.00 bits per heavy atom. The van der Waals surface area contributed by atoms with E-state index in [0.717, 1.165) is 0 Å². The first-order valence-electron chi connectivity index (χ1n) is 13.1. The molecule has 198 valence electrons. The number of thiol groups is 2. The number of hydrogen-bond donors (Lipinski definition) is 2. The summed E-state index contributed by atoms with van der Waals surface area (Å²) in [4.78, 5) is 8.23. The Balaban J connectivity index is 1.43. The Morgan fingerprint density at radius 2 is 0.625 bits per heavy atom. The van der Waals surface area contributed by atoms with Crippen molar-refractivity contribution >= 4 is 67.0 Å². The van der Waals surface area contributed by atoms with Gasteiger partial charge in [-0.05, 0) is 183 Å². The highest BCUT2D eigenvalue weighted by Crippen LogP contribution is 2.53. The first kappa shape index (κ1) is 27.6. The molecule has 0 radical (unpaired) electrons. The molecule has 6 aromatic carbocycles. The second-order valence-corrected chi connectivity index (χ2v) is 16.3. The molecule has 0 saturated carbocycles. The van der Waals surface area contributed by atoms with E-state index in [2.05, 4.69) is 203 Å². The van der Waals surface area contributed by atoms with Crippen LogP contribution in [0.2, 0.25) is 0 Å². The Morgan fingerprint density at radius 1 is 0.300 bits per heavy atom. The Bertz CT molecular complexity index is 1570. The fraction of sp³-hybridized carbons (Fsp3) is 0. The van der Waals surface area contributed by atoms with Gasteiger partial charge in [0.05, 0.1) is 0 Å². The fourth-order valence-corrected chi connectivity index (χ4v) is 10.2. The second-order valence-electron chi connectivity index (χ2n) is 9.40. The van der Waals surface area contributed by atoms with E-state index < -0.39 is 21.8 Å². The molecule has 0 fully saturated rings. The lowest BCUT2D eigenvalue weighted by Crippen LogP contribution is -1.91. The quantitative estimate of drug-likeness (QED) is 0.117. The molecule has 6 aromatic rings. The third kappa shape index (κ3) is 6.35. The summed E-state index contributed by atoms with van der Waals surface area (Å²) in [5.41, 5.74) is 2.53. The van der Waals surface area contributed by atoms with Crippen LogP contribution < -0.4 is 0 Å². The maximum atomic E-state index is 2.41. The van der Waals surface area contributed by atoms with Gasteiger partial charge in [-0.15, -0.1) is 0 Å². The standard InChI is InChI=1S/C36H28I2S2/c37-29-17-21-33(22-18-29)39(31-11-3-1-4-12-31)35-15-7-9-27(25-35)28-10-8-16-36(26-28)40(32-13-5-2-6-14-32)34-23-19-30(38)20-24-34/h1-26,39-40H. The smallest absolute Gasteiger partial charge is 0.0131 e. The van der Waals surface area contributed by atoms with Gasteiger partial charge in [-0.3, -0.25) is 0 Å². The fourth-order valence-electron chi connectivity index (χ4n) is 4.88. The van der Waals surface area contributed by atoms with Crippen LogP contribution in [0.5, 0.6) is 0 Å². The molecule has 0 heterocycles. The van der Waals surface area contributed by atoms with Crippen molar-refractivity contribution in [1.82, 2.24) is 0 Å². The maximum absolute atomic E-state index is 2.41. The minimum Gasteiger partial charge on any atom is -0.173 e. The van der Waals surface area contributed by atoms with E-state index >= 15 is 0 Å². The van der Waals surface area contributed by atoms with Crippen molar-refractivity contribution in [2.75, 3.05) is 0 Å². The van der Waals surface area contributed by atoms with E-state index in [4.69, 9.17) is 0 Å². The molecule has 6 rings (SSSR count). The molecule has 0 aromatic heterocycles. The van der Waals surface area contributed by atoms with Crippen molar-refractivity contribution in [3.63, 3.8) is 0 Å². The van der Waals surface area contributed by atoms with Gasteiger partial charge in [0.2, 0.25) is 0 Å². The summed E-state index contributed by atoms with van der Waals surface area (Å²) in [7, 11) is -1.32. The summed E-state index contributed by atoms with van der Waals surface area (Å²) in [6.07, 6.45) is 0. The molecule has 0 amide bonds.